The Kier molecular flexibility index (Phi) is 11.2. The highest BCUT2D eigenvalue weighted by Gasteiger charge is 2.37. The number of pyridine rings is 1. The van der Waals surface area contributed by atoms with Crippen LogP contribution in [-0.4, -0.2) is 86.8 Å². The fourth-order valence-corrected chi connectivity index (χ4v) is 6.62. The van der Waals surface area contributed by atoms with E-state index < -0.39 is 30.2 Å². The van der Waals surface area contributed by atoms with E-state index in [0.29, 0.717) is 32.5 Å². The van der Waals surface area contributed by atoms with Gasteiger partial charge in [-0.1, -0.05) is 67.6 Å². The lowest BCUT2D eigenvalue weighted by molar-refractivity contribution is -0.132. The highest BCUT2D eigenvalue weighted by atomic mass is 16.3. The van der Waals surface area contributed by atoms with E-state index in [1.54, 1.807) is 6.20 Å². The number of aromatic nitrogens is 1. The summed E-state index contributed by atoms with van der Waals surface area (Å²) >= 11 is 0. The molecule has 4 N–H and O–H groups in total. The molecular formula is C37H49N5O4. The molecule has 0 unspecified atom stereocenters. The van der Waals surface area contributed by atoms with Crippen LogP contribution in [-0.2, 0) is 29.0 Å². The van der Waals surface area contributed by atoms with E-state index in [2.05, 4.69) is 32.3 Å². The summed E-state index contributed by atoms with van der Waals surface area (Å²) in [6.45, 7) is 8.95. The fraction of sp³-hybridized carbons (Fsp3) is 0.486. The maximum absolute atomic E-state index is 13.8. The van der Waals surface area contributed by atoms with Crippen molar-refractivity contribution in [3.8, 4) is 0 Å². The molecular weight excluding hydrogens is 578 g/mol. The van der Waals surface area contributed by atoms with Crippen LogP contribution in [0.25, 0.3) is 0 Å². The van der Waals surface area contributed by atoms with Crippen molar-refractivity contribution >= 4 is 11.8 Å². The van der Waals surface area contributed by atoms with Crippen LogP contribution in [0.1, 0.15) is 61.9 Å². The minimum absolute atomic E-state index is 0.0533. The normalized spacial score (nSPS) is 21.7. The van der Waals surface area contributed by atoms with Crippen molar-refractivity contribution in [3.05, 3.63) is 101 Å². The smallest absolute Gasteiger partial charge is 0.239 e. The predicted molar refractivity (Wildman–Crippen MR) is 179 cm³/mol. The maximum Gasteiger partial charge on any atom is 0.239 e. The Hall–Kier alpha value is -3.63. The zero-order valence-electron chi connectivity index (χ0n) is 27.3. The van der Waals surface area contributed by atoms with E-state index in [-0.39, 0.29) is 30.3 Å². The number of aliphatic hydroxyl groups is 2. The van der Waals surface area contributed by atoms with Gasteiger partial charge in [-0.05, 0) is 61.4 Å². The second kappa shape index (κ2) is 15.3. The van der Waals surface area contributed by atoms with Gasteiger partial charge < -0.3 is 20.8 Å². The molecule has 1 fully saturated rings. The molecule has 1 aliphatic carbocycles. The van der Waals surface area contributed by atoms with Crippen LogP contribution in [0.2, 0.25) is 0 Å². The third kappa shape index (κ3) is 8.79. The SMILES string of the molecule is CCC(C)(C)NC(=O)[C@@H]1CN(Cc2cccnc2)CCN1C[C@@H](O)C[C@H](Cc1ccccc1)C(=O)N[C@H]1c2ccccc2C[C@H]1O. The van der Waals surface area contributed by atoms with Crippen LogP contribution in [0.4, 0.5) is 0 Å². The minimum Gasteiger partial charge on any atom is -0.392 e. The Balaban J connectivity index is 1.29. The average Bonchev–Trinajstić information content (AvgIpc) is 3.36. The maximum atomic E-state index is 13.8. The van der Waals surface area contributed by atoms with E-state index in [1.807, 2.05) is 86.8 Å². The van der Waals surface area contributed by atoms with Gasteiger partial charge in [0.2, 0.25) is 11.8 Å². The summed E-state index contributed by atoms with van der Waals surface area (Å²) < 4.78 is 0. The van der Waals surface area contributed by atoms with E-state index in [1.165, 1.54) is 0 Å². The molecule has 9 nitrogen and oxygen atoms in total. The van der Waals surface area contributed by atoms with E-state index in [9.17, 15) is 19.8 Å². The second-order valence-corrected chi connectivity index (χ2v) is 13.6. The summed E-state index contributed by atoms with van der Waals surface area (Å²) in [7, 11) is 0. The Morgan fingerprint density at radius 1 is 1.02 bits per heavy atom. The van der Waals surface area contributed by atoms with Gasteiger partial charge in [0.1, 0.15) is 6.04 Å². The molecule has 2 aromatic carbocycles. The van der Waals surface area contributed by atoms with Crippen LogP contribution in [0.5, 0.6) is 0 Å². The van der Waals surface area contributed by atoms with E-state index >= 15 is 0 Å². The number of fused-ring (bicyclic) bond motifs is 1. The highest BCUT2D eigenvalue weighted by Crippen LogP contribution is 2.32. The van der Waals surface area contributed by atoms with Gasteiger partial charge in [-0.15, -0.1) is 0 Å². The number of benzene rings is 2. The van der Waals surface area contributed by atoms with Crippen molar-refractivity contribution in [3.63, 3.8) is 0 Å². The zero-order valence-corrected chi connectivity index (χ0v) is 27.3. The zero-order chi connectivity index (χ0) is 32.7. The van der Waals surface area contributed by atoms with Crippen molar-refractivity contribution in [1.82, 2.24) is 25.4 Å². The van der Waals surface area contributed by atoms with E-state index in [0.717, 1.165) is 35.2 Å². The van der Waals surface area contributed by atoms with Crippen molar-refractivity contribution in [1.29, 1.82) is 0 Å². The lowest BCUT2D eigenvalue weighted by Gasteiger charge is -2.42. The van der Waals surface area contributed by atoms with Crippen LogP contribution < -0.4 is 10.6 Å². The first-order valence-electron chi connectivity index (χ1n) is 16.6. The number of rotatable bonds is 13. The Morgan fingerprint density at radius 3 is 2.50 bits per heavy atom. The quantitative estimate of drug-likeness (QED) is 0.230. The lowest BCUT2D eigenvalue weighted by atomic mass is 9.91. The van der Waals surface area contributed by atoms with Crippen LogP contribution in [0.3, 0.4) is 0 Å². The highest BCUT2D eigenvalue weighted by molar-refractivity contribution is 5.83. The first-order chi connectivity index (χ1) is 22.1. The van der Waals surface area contributed by atoms with Gasteiger partial charge >= 0.3 is 0 Å². The molecule has 0 spiro atoms. The van der Waals surface area contributed by atoms with Crippen molar-refractivity contribution in [2.75, 3.05) is 26.2 Å². The number of aliphatic hydroxyl groups excluding tert-OH is 2. The van der Waals surface area contributed by atoms with Gasteiger partial charge in [-0.3, -0.25) is 24.4 Å². The van der Waals surface area contributed by atoms with E-state index in [4.69, 9.17) is 0 Å². The van der Waals surface area contributed by atoms with Crippen LogP contribution >= 0.6 is 0 Å². The molecule has 46 heavy (non-hydrogen) atoms. The minimum atomic E-state index is -0.834. The number of hydrogen-bond acceptors (Lipinski definition) is 7. The molecule has 0 bridgehead atoms. The largest absolute Gasteiger partial charge is 0.392 e. The Bertz CT molecular complexity index is 1440. The molecule has 1 saturated heterocycles. The van der Waals surface area contributed by atoms with Gasteiger partial charge in [-0.25, -0.2) is 0 Å². The van der Waals surface area contributed by atoms with Gasteiger partial charge in [0, 0.05) is 63.0 Å². The summed E-state index contributed by atoms with van der Waals surface area (Å²) in [5.74, 6) is -0.762. The third-order valence-electron chi connectivity index (χ3n) is 9.55. The lowest BCUT2D eigenvalue weighted by Crippen LogP contribution is -2.62. The molecule has 1 aromatic heterocycles. The fourth-order valence-electron chi connectivity index (χ4n) is 6.62. The molecule has 1 aliphatic heterocycles. The number of piperazine rings is 1. The Morgan fingerprint density at radius 2 is 1.76 bits per heavy atom. The molecule has 9 heteroatoms. The number of hydrogen-bond donors (Lipinski definition) is 4. The van der Waals surface area contributed by atoms with Crippen LogP contribution in [0, 0.1) is 5.92 Å². The molecule has 2 aliphatic rings. The molecule has 3 aromatic rings. The van der Waals surface area contributed by atoms with Gasteiger partial charge in [0.15, 0.2) is 0 Å². The van der Waals surface area contributed by atoms with Crippen molar-refractivity contribution in [2.24, 2.45) is 5.92 Å². The van der Waals surface area contributed by atoms with Crippen LogP contribution in [0.15, 0.2) is 79.1 Å². The molecule has 0 radical (unpaired) electrons. The first-order valence-corrected chi connectivity index (χ1v) is 16.6. The summed E-state index contributed by atoms with van der Waals surface area (Å²) in [6, 6.07) is 20.7. The standard InChI is InChI=1S/C37H49N5O4/c1-4-37(2,3)40-36(46)32-25-41(23-27-13-10-16-38-22-27)17-18-42(32)24-30(43)20-29(19-26-11-6-5-7-12-26)35(45)39-34-31-15-9-8-14-28(31)21-33(34)44/h5-16,22,29-30,32-34,43-44H,4,17-21,23-25H2,1-3H3,(H,39,45)(H,40,46)/t29-,30-,32-,33+,34-/m0/s1. The van der Waals surface area contributed by atoms with Gasteiger partial charge in [-0.2, -0.15) is 0 Å². The number of carbonyl (C=O) groups is 2. The summed E-state index contributed by atoms with van der Waals surface area (Å²) in [4.78, 5) is 36.1. The second-order valence-electron chi connectivity index (χ2n) is 13.6. The molecule has 0 saturated carbocycles. The molecule has 246 valence electrons. The monoisotopic (exact) mass is 627 g/mol. The topological polar surface area (TPSA) is 118 Å². The number of β-amino-alcohol motifs (C(OH)–C–C–N with tert-alkyl or cyclic N) is 1. The van der Waals surface area contributed by atoms with Crippen molar-refractivity contribution in [2.45, 2.75) is 82.8 Å². The number of nitrogens with one attached hydrogen (secondary N) is 2. The van der Waals surface area contributed by atoms with Crippen molar-refractivity contribution < 1.29 is 19.8 Å². The average molecular weight is 628 g/mol. The number of amides is 2. The summed E-state index contributed by atoms with van der Waals surface area (Å²) in [6.07, 6.45) is 4.07. The summed E-state index contributed by atoms with van der Waals surface area (Å²) in [5.41, 5.74) is 3.72. The molecule has 2 heterocycles. The predicted octanol–water partition coefficient (Wildman–Crippen LogP) is 3.26. The third-order valence-corrected chi connectivity index (χ3v) is 9.55. The number of nitrogens with zero attached hydrogens (tertiary/aromatic N) is 3. The van der Waals surface area contributed by atoms with Gasteiger partial charge in [0.25, 0.3) is 0 Å². The number of carbonyl (C=O) groups excluding carboxylic acids is 2. The molecule has 5 atom stereocenters. The van der Waals surface area contributed by atoms with Gasteiger partial charge in [0.05, 0.1) is 18.2 Å². The Labute approximate surface area is 273 Å². The molecule has 2 amide bonds. The molecule has 5 rings (SSSR count). The first kappa shape index (κ1) is 33.7. The summed E-state index contributed by atoms with van der Waals surface area (Å²) in [5, 5.41) is 28.7.